The number of nitrogens with zero attached hydrogens (tertiary/aromatic N) is 3. The molecule has 0 atom stereocenters. The zero-order valence-electron chi connectivity index (χ0n) is 12.0. The van der Waals surface area contributed by atoms with Gasteiger partial charge in [-0.25, -0.2) is 0 Å². The van der Waals surface area contributed by atoms with Crippen LogP contribution in [0.4, 0.5) is 5.82 Å². The highest BCUT2D eigenvalue weighted by atomic mass is 16.5. The topological polar surface area (TPSA) is 55.3 Å². The standard InChI is InChI=1S/C15H19N3O2/c1-4-20-14(19)10-18(11(2)3)15-13-8-6-5-7-12(13)9-16-17-15/h5-9,11H,4,10H2,1-3H3. The van der Waals surface area contributed by atoms with Gasteiger partial charge in [0.2, 0.25) is 0 Å². The third-order valence-electron chi connectivity index (χ3n) is 3.05. The molecule has 1 aromatic heterocycles. The molecule has 0 saturated carbocycles. The summed E-state index contributed by atoms with van der Waals surface area (Å²) in [6.07, 6.45) is 1.72. The highest BCUT2D eigenvalue weighted by molar-refractivity contribution is 5.92. The highest BCUT2D eigenvalue weighted by Crippen LogP contribution is 2.24. The minimum atomic E-state index is -0.254. The van der Waals surface area contributed by atoms with Crippen LogP contribution in [-0.4, -0.2) is 35.4 Å². The fourth-order valence-corrected chi connectivity index (χ4v) is 2.07. The van der Waals surface area contributed by atoms with Crippen LogP contribution in [-0.2, 0) is 9.53 Å². The van der Waals surface area contributed by atoms with Gasteiger partial charge in [0.05, 0.1) is 12.8 Å². The molecule has 20 heavy (non-hydrogen) atoms. The molecule has 0 radical (unpaired) electrons. The monoisotopic (exact) mass is 273 g/mol. The number of rotatable bonds is 5. The summed E-state index contributed by atoms with van der Waals surface area (Å²) in [5.74, 6) is 0.460. The zero-order valence-corrected chi connectivity index (χ0v) is 12.0. The maximum absolute atomic E-state index is 11.8. The van der Waals surface area contributed by atoms with Gasteiger partial charge in [-0.3, -0.25) is 4.79 Å². The number of fused-ring (bicyclic) bond motifs is 1. The SMILES string of the molecule is CCOC(=O)CN(c1nncc2ccccc12)C(C)C. The Balaban J connectivity index is 2.39. The van der Waals surface area contributed by atoms with Gasteiger partial charge in [-0.2, -0.15) is 5.10 Å². The summed E-state index contributed by atoms with van der Waals surface area (Å²) in [4.78, 5) is 13.7. The number of ether oxygens (including phenoxy) is 1. The van der Waals surface area contributed by atoms with Crippen LogP contribution in [0.1, 0.15) is 20.8 Å². The molecule has 0 N–H and O–H groups in total. The van der Waals surface area contributed by atoms with Crippen molar-refractivity contribution in [2.45, 2.75) is 26.8 Å². The largest absolute Gasteiger partial charge is 0.465 e. The number of benzene rings is 1. The Morgan fingerprint density at radius 2 is 2.10 bits per heavy atom. The van der Waals surface area contributed by atoms with Crippen LogP contribution in [0.15, 0.2) is 30.5 Å². The smallest absolute Gasteiger partial charge is 0.325 e. The van der Waals surface area contributed by atoms with Gasteiger partial charge in [-0.05, 0) is 20.8 Å². The fourth-order valence-electron chi connectivity index (χ4n) is 2.07. The van der Waals surface area contributed by atoms with Gasteiger partial charge < -0.3 is 9.64 Å². The van der Waals surface area contributed by atoms with Crippen LogP contribution in [0, 0.1) is 0 Å². The molecule has 5 nitrogen and oxygen atoms in total. The predicted octanol–water partition coefficient (Wildman–Crippen LogP) is 2.41. The molecule has 0 fully saturated rings. The summed E-state index contributed by atoms with van der Waals surface area (Å²) < 4.78 is 5.03. The molecule has 5 heteroatoms. The summed E-state index contributed by atoms with van der Waals surface area (Å²) in [6.45, 7) is 6.39. The Bertz CT molecular complexity index is 593. The lowest BCUT2D eigenvalue weighted by atomic mass is 10.1. The van der Waals surface area contributed by atoms with Crippen LogP contribution in [0.5, 0.6) is 0 Å². The minimum Gasteiger partial charge on any atom is -0.465 e. The van der Waals surface area contributed by atoms with Crippen LogP contribution in [0.2, 0.25) is 0 Å². The van der Waals surface area contributed by atoms with E-state index in [0.29, 0.717) is 12.4 Å². The number of aromatic nitrogens is 2. The molecule has 0 unspecified atom stereocenters. The van der Waals surface area contributed by atoms with Gasteiger partial charge in [-0.15, -0.1) is 5.10 Å². The second kappa shape index (κ2) is 6.32. The summed E-state index contributed by atoms with van der Waals surface area (Å²) in [7, 11) is 0. The van der Waals surface area contributed by atoms with Crippen molar-refractivity contribution in [2.75, 3.05) is 18.1 Å². The molecule has 2 aromatic rings. The Morgan fingerprint density at radius 1 is 1.35 bits per heavy atom. The lowest BCUT2D eigenvalue weighted by molar-refractivity contribution is -0.141. The molecule has 106 valence electrons. The van der Waals surface area contributed by atoms with Crippen molar-refractivity contribution in [1.29, 1.82) is 0 Å². The van der Waals surface area contributed by atoms with Crippen LogP contribution in [0.3, 0.4) is 0 Å². The Labute approximate surface area is 118 Å². The maximum Gasteiger partial charge on any atom is 0.325 e. The van der Waals surface area contributed by atoms with Crippen molar-refractivity contribution in [3.05, 3.63) is 30.5 Å². The van der Waals surface area contributed by atoms with Crippen LogP contribution in [0.25, 0.3) is 10.8 Å². The number of carbonyl (C=O) groups excluding carboxylic acids is 1. The van der Waals surface area contributed by atoms with Gasteiger partial charge in [0.25, 0.3) is 0 Å². The predicted molar refractivity (Wildman–Crippen MR) is 78.7 cm³/mol. The Morgan fingerprint density at radius 3 is 2.80 bits per heavy atom. The molecule has 2 rings (SSSR count). The first-order chi connectivity index (χ1) is 9.63. The van der Waals surface area contributed by atoms with E-state index in [4.69, 9.17) is 4.74 Å². The first-order valence-corrected chi connectivity index (χ1v) is 6.76. The van der Waals surface area contributed by atoms with Gasteiger partial charge in [-0.1, -0.05) is 24.3 Å². The second-order valence-electron chi connectivity index (χ2n) is 4.78. The summed E-state index contributed by atoms with van der Waals surface area (Å²) in [5.41, 5.74) is 0. The van der Waals surface area contributed by atoms with E-state index in [9.17, 15) is 4.79 Å². The summed E-state index contributed by atoms with van der Waals surface area (Å²) in [6, 6.07) is 8.01. The molecule has 0 amide bonds. The average molecular weight is 273 g/mol. The third-order valence-corrected chi connectivity index (χ3v) is 3.05. The number of hydrogen-bond donors (Lipinski definition) is 0. The van der Waals surface area contributed by atoms with E-state index in [1.807, 2.05) is 43.0 Å². The highest BCUT2D eigenvalue weighted by Gasteiger charge is 2.19. The maximum atomic E-state index is 11.8. The minimum absolute atomic E-state index is 0.125. The van der Waals surface area contributed by atoms with Crippen molar-refractivity contribution >= 4 is 22.6 Å². The first-order valence-electron chi connectivity index (χ1n) is 6.76. The molecule has 0 aliphatic rings. The van der Waals surface area contributed by atoms with Crippen molar-refractivity contribution in [2.24, 2.45) is 0 Å². The number of anilines is 1. The van der Waals surface area contributed by atoms with Crippen molar-refractivity contribution in [3.63, 3.8) is 0 Å². The van der Waals surface area contributed by atoms with Crippen LogP contribution < -0.4 is 4.90 Å². The van der Waals surface area contributed by atoms with E-state index >= 15 is 0 Å². The van der Waals surface area contributed by atoms with Gasteiger partial charge in [0.1, 0.15) is 6.54 Å². The van der Waals surface area contributed by atoms with E-state index in [1.165, 1.54) is 0 Å². The third kappa shape index (κ3) is 3.04. The lowest BCUT2D eigenvalue weighted by Crippen LogP contribution is -2.37. The Kier molecular flexibility index (Phi) is 4.50. The fraction of sp³-hybridized carbons (Fsp3) is 0.400. The molecule has 0 aliphatic heterocycles. The van der Waals surface area contributed by atoms with E-state index < -0.39 is 0 Å². The molecular formula is C15H19N3O2. The first kappa shape index (κ1) is 14.2. The molecule has 1 aromatic carbocycles. The van der Waals surface area contributed by atoms with E-state index in [0.717, 1.165) is 10.8 Å². The quantitative estimate of drug-likeness (QED) is 0.783. The number of carbonyl (C=O) groups is 1. The van der Waals surface area contributed by atoms with Crippen molar-refractivity contribution in [3.8, 4) is 0 Å². The van der Waals surface area contributed by atoms with Crippen LogP contribution >= 0.6 is 0 Å². The van der Waals surface area contributed by atoms with Crippen molar-refractivity contribution in [1.82, 2.24) is 10.2 Å². The number of esters is 1. The lowest BCUT2D eigenvalue weighted by Gasteiger charge is -2.27. The van der Waals surface area contributed by atoms with E-state index in [-0.39, 0.29) is 18.6 Å². The Hall–Kier alpha value is -2.17. The second-order valence-corrected chi connectivity index (χ2v) is 4.78. The van der Waals surface area contributed by atoms with Gasteiger partial charge in [0, 0.05) is 16.8 Å². The normalized spacial score (nSPS) is 10.8. The van der Waals surface area contributed by atoms with E-state index in [1.54, 1.807) is 13.1 Å². The molecule has 0 spiro atoms. The molecular weight excluding hydrogens is 254 g/mol. The molecule has 0 bridgehead atoms. The number of hydrogen-bond acceptors (Lipinski definition) is 5. The van der Waals surface area contributed by atoms with Gasteiger partial charge >= 0.3 is 5.97 Å². The van der Waals surface area contributed by atoms with E-state index in [2.05, 4.69) is 10.2 Å². The summed E-state index contributed by atoms with van der Waals surface area (Å²) >= 11 is 0. The molecule has 0 saturated heterocycles. The average Bonchev–Trinajstić information content (AvgIpc) is 2.44. The molecule has 1 heterocycles. The van der Waals surface area contributed by atoms with Crippen molar-refractivity contribution < 1.29 is 9.53 Å². The summed E-state index contributed by atoms with van der Waals surface area (Å²) in [5, 5.41) is 10.2. The zero-order chi connectivity index (χ0) is 14.5. The van der Waals surface area contributed by atoms with Gasteiger partial charge in [0.15, 0.2) is 5.82 Å². The molecule has 0 aliphatic carbocycles.